The molecule has 0 atom stereocenters. The van der Waals surface area contributed by atoms with Crippen molar-refractivity contribution < 1.29 is 23.8 Å². The number of rotatable bonds is 7. The number of carbonyl (C=O) groups excluding carboxylic acids is 2. The zero-order valence-corrected chi connectivity index (χ0v) is 18.9. The number of nitrogens with zero attached hydrogens (tertiary/aromatic N) is 1. The van der Waals surface area contributed by atoms with Gasteiger partial charge in [0.05, 0.1) is 31.0 Å². The number of methoxy groups -OCH3 is 2. The van der Waals surface area contributed by atoms with Crippen LogP contribution in [0.5, 0.6) is 11.5 Å². The lowest BCUT2D eigenvalue weighted by atomic mass is 10.0. The smallest absolute Gasteiger partial charge is 0.339 e. The Balaban J connectivity index is 1.75. The lowest BCUT2D eigenvalue weighted by Gasteiger charge is -2.12. The summed E-state index contributed by atoms with van der Waals surface area (Å²) in [6, 6.07) is 13.2. The predicted octanol–water partition coefficient (Wildman–Crippen LogP) is 4.03. The fraction of sp³-hybridized carbons (Fsp3) is 0.269. The van der Waals surface area contributed by atoms with E-state index in [0.29, 0.717) is 35.5 Å². The molecule has 0 fully saturated rings. The summed E-state index contributed by atoms with van der Waals surface area (Å²) in [7, 11) is 3.21. The van der Waals surface area contributed by atoms with Crippen molar-refractivity contribution in [3.63, 3.8) is 0 Å². The minimum atomic E-state index is -0.511. The van der Waals surface area contributed by atoms with Gasteiger partial charge in [0.15, 0.2) is 18.1 Å². The van der Waals surface area contributed by atoms with E-state index in [9.17, 15) is 9.59 Å². The molecule has 1 heterocycles. The van der Waals surface area contributed by atoms with Gasteiger partial charge in [0, 0.05) is 11.9 Å². The van der Waals surface area contributed by atoms with Crippen molar-refractivity contribution in [3.05, 3.63) is 64.8 Å². The van der Waals surface area contributed by atoms with Gasteiger partial charge in [-0.25, -0.2) is 9.78 Å². The van der Waals surface area contributed by atoms with Crippen molar-refractivity contribution in [2.24, 2.45) is 0 Å². The number of nitrogens with one attached hydrogen (secondary N) is 1. The summed E-state index contributed by atoms with van der Waals surface area (Å²) < 4.78 is 16.1. The first kappa shape index (κ1) is 22.3. The first-order valence-electron chi connectivity index (χ1n) is 10.8. The Hall–Kier alpha value is -3.87. The second-order valence-electron chi connectivity index (χ2n) is 7.64. The Kier molecular flexibility index (Phi) is 6.58. The van der Waals surface area contributed by atoms with Crippen LogP contribution in [0.25, 0.3) is 22.6 Å². The van der Waals surface area contributed by atoms with E-state index in [2.05, 4.69) is 11.4 Å². The summed E-state index contributed by atoms with van der Waals surface area (Å²) in [5.74, 6) is 0.470. The lowest BCUT2D eigenvalue weighted by molar-refractivity contribution is -0.124. The van der Waals surface area contributed by atoms with Crippen LogP contribution in [0.1, 0.15) is 40.5 Å². The summed E-state index contributed by atoms with van der Waals surface area (Å²) in [5, 5.41) is 3.36. The SMILES string of the molecule is CCNC(=O)COC(=O)c1c2c(nc3ccccc13)C(=Cc1ccc(OC)c(OC)c1)CC2. The Bertz CT molecular complexity index is 1250. The molecule has 7 heteroatoms. The number of fused-ring (bicyclic) bond motifs is 2. The minimum absolute atomic E-state index is 0.313. The van der Waals surface area contributed by atoms with E-state index in [-0.39, 0.29) is 12.5 Å². The summed E-state index contributed by atoms with van der Waals surface area (Å²) in [5.41, 5.74) is 4.80. The van der Waals surface area contributed by atoms with Crippen LogP contribution >= 0.6 is 0 Å². The van der Waals surface area contributed by atoms with Crippen LogP contribution in [-0.4, -0.2) is 44.2 Å². The molecule has 0 radical (unpaired) electrons. The lowest BCUT2D eigenvalue weighted by Crippen LogP contribution is -2.28. The van der Waals surface area contributed by atoms with E-state index in [4.69, 9.17) is 19.2 Å². The molecule has 0 saturated carbocycles. The highest BCUT2D eigenvalue weighted by Crippen LogP contribution is 2.38. The molecule has 0 aliphatic heterocycles. The number of pyridine rings is 1. The monoisotopic (exact) mass is 446 g/mol. The van der Waals surface area contributed by atoms with Crippen LogP contribution < -0.4 is 14.8 Å². The average Bonchev–Trinajstić information content (AvgIpc) is 3.22. The first-order chi connectivity index (χ1) is 16.0. The summed E-state index contributed by atoms with van der Waals surface area (Å²) in [6.45, 7) is 1.98. The van der Waals surface area contributed by atoms with E-state index in [1.807, 2.05) is 49.4 Å². The number of amides is 1. The third-order valence-corrected chi connectivity index (χ3v) is 5.60. The van der Waals surface area contributed by atoms with Crippen molar-refractivity contribution in [3.8, 4) is 11.5 Å². The zero-order valence-electron chi connectivity index (χ0n) is 18.9. The van der Waals surface area contributed by atoms with Gasteiger partial charge in [0.2, 0.25) is 0 Å². The Morgan fingerprint density at radius 2 is 1.85 bits per heavy atom. The topological polar surface area (TPSA) is 86.8 Å². The number of hydrogen-bond acceptors (Lipinski definition) is 6. The molecule has 0 saturated heterocycles. The molecule has 0 spiro atoms. The van der Waals surface area contributed by atoms with Crippen LogP contribution in [0.3, 0.4) is 0 Å². The van der Waals surface area contributed by atoms with Crippen LogP contribution in [0.15, 0.2) is 42.5 Å². The van der Waals surface area contributed by atoms with Crippen molar-refractivity contribution in [2.45, 2.75) is 19.8 Å². The fourth-order valence-corrected chi connectivity index (χ4v) is 4.11. The van der Waals surface area contributed by atoms with E-state index in [1.54, 1.807) is 14.2 Å². The summed E-state index contributed by atoms with van der Waals surface area (Å²) in [4.78, 5) is 29.7. The summed E-state index contributed by atoms with van der Waals surface area (Å²) >= 11 is 0. The van der Waals surface area contributed by atoms with Crippen LogP contribution in [0, 0.1) is 0 Å². The maximum absolute atomic E-state index is 13.1. The minimum Gasteiger partial charge on any atom is -0.493 e. The quantitative estimate of drug-likeness (QED) is 0.552. The Morgan fingerprint density at radius 3 is 2.61 bits per heavy atom. The standard InChI is InChI=1S/C26H26N2O5/c1-4-27-23(29)15-33-26(30)24-18-7-5-6-8-20(18)28-25-17(10-11-19(24)25)13-16-9-12-21(31-2)22(14-16)32-3/h5-9,12-14H,4,10-11,15H2,1-3H3,(H,27,29). The van der Waals surface area contributed by atoms with Gasteiger partial charge in [0.1, 0.15) is 0 Å². The molecule has 0 bridgehead atoms. The van der Waals surface area contributed by atoms with Crippen LogP contribution in [0.4, 0.5) is 0 Å². The second kappa shape index (κ2) is 9.73. The van der Waals surface area contributed by atoms with Gasteiger partial charge >= 0.3 is 5.97 Å². The number of likely N-dealkylation sites (N-methyl/N-ethyl adjacent to an activating group) is 1. The van der Waals surface area contributed by atoms with Crippen molar-refractivity contribution in [1.82, 2.24) is 10.3 Å². The number of allylic oxidation sites excluding steroid dienone is 1. The van der Waals surface area contributed by atoms with Crippen molar-refractivity contribution in [2.75, 3.05) is 27.4 Å². The van der Waals surface area contributed by atoms with Crippen molar-refractivity contribution in [1.29, 1.82) is 0 Å². The third-order valence-electron chi connectivity index (χ3n) is 5.60. The number of benzene rings is 2. The van der Waals surface area contributed by atoms with Gasteiger partial charge < -0.3 is 19.5 Å². The van der Waals surface area contributed by atoms with E-state index in [1.165, 1.54) is 0 Å². The molecule has 1 aliphatic carbocycles. The maximum atomic E-state index is 13.1. The molecule has 3 aromatic rings. The number of ether oxygens (including phenoxy) is 3. The largest absolute Gasteiger partial charge is 0.493 e. The number of carbonyl (C=O) groups is 2. The molecule has 7 nitrogen and oxygen atoms in total. The maximum Gasteiger partial charge on any atom is 0.339 e. The number of aromatic nitrogens is 1. The van der Waals surface area contributed by atoms with Gasteiger partial charge in [0.25, 0.3) is 5.91 Å². The molecule has 1 N–H and O–H groups in total. The molecule has 170 valence electrons. The van der Waals surface area contributed by atoms with Gasteiger partial charge in [-0.15, -0.1) is 0 Å². The first-order valence-corrected chi connectivity index (χ1v) is 10.8. The molecule has 0 unspecified atom stereocenters. The van der Waals surface area contributed by atoms with E-state index >= 15 is 0 Å². The van der Waals surface area contributed by atoms with Gasteiger partial charge in [-0.05, 0) is 60.7 Å². The fourth-order valence-electron chi connectivity index (χ4n) is 4.11. The zero-order chi connectivity index (χ0) is 23.4. The highest BCUT2D eigenvalue weighted by atomic mass is 16.5. The number of esters is 1. The average molecular weight is 447 g/mol. The molecule has 1 aliphatic rings. The normalized spacial score (nSPS) is 13.6. The van der Waals surface area contributed by atoms with Gasteiger partial charge in [-0.2, -0.15) is 0 Å². The molecule has 2 aromatic carbocycles. The number of para-hydroxylation sites is 1. The van der Waals surface area contributed by atoms with E-state index in [0.717, 1.165) is 34.2 Å². The Morgan fingerprint density at radius 1 is 1.06 bits per heavy atom. The molecule has 1 aromatic heterocycles. The highest BCUT2D eigenvalue weighted by Gasteiger charge is 2.28. The van der Waals surface area contributed by atoms with Gasteiger partial charge in [-0.1, -0.05) is 24.3 Å². The van der Waals surface area contributed by atoms with E-state index < -0.39 is 5.97 Å². The Labute approximate surface area is 192 Å². The molecule has 1 amide bonds. The van der Waals surface area contributed by atoms with Crippen molar-refractivity contribution >= 4 is 34.4 Å². The number of hydrogen-bond donors (Lipinski definition) is 1. The molecular weight excluding hydrogens is 420 g/mol. The second-order valence-corrected chi connectivity index (χ2v) is 7.64. The van der Waals surface area contributed by atoms with Crippen LogP contribution in [-0.2, 0) is 16.0 Å². The molecule has 4 rings (SSSR count). The molecule has 33 heavy (non-hydrogen) atoms. The highest BCUT2D eigenvalue weighted by molar-refractivity contribution is 6.07. The molecular formula is C26H26N2O5. The predicted molar refractivity (Wildman–Crippen MR) is 126 cm³/mol. The van der Waals surface area contributed by atoms with Gasteiger partial charge in [-0.3, -0.25) is 4.79 Å². The van der Waals surface area contributed by atoms with Crippen LogP contribution in [0.2, 0.25) is 0 Å². The third kappa shape index (κ3) is 4.53. The summed E-state index contributed by atoms with van der Waals surface area (Å²) in [6.07, 6.45) is 3.46.